The van der Waals surface area contributed by atoms with Crippen LogP contribution in [0.1, 0.15) is 30.0 Å². The summed E-state index contributed by atoms with van der Waals surface area (Å²) in [5.41, 5.74) is 2.45. The standard InChI is InChI=1S/C18H19FN6O/c1-11-7-15(22-23(11)3)17-21-20-16-10-24(18(26)12(2)25(16)17)9-13-5-4-6-14(19)8-13/h4-8,12H,9-10H2,1-3H3/t12-/m0/s1. The molecule has 0 N–H and O–H groups in total. The molecule has 8 heteroatoms. The van der Waals surface area contributed by atoms with Crippen LogP contribution in [0.2, 0.25) is 0 Å². The minimum absolute atomic E-state index is 0.0459. The van der Waals surface area contributed by atoms with Crippen molar-refractivity contribution in [1.82, 2.24) is 29.4 Å². The third kappa shape index (κ3) is 2.67. The van der Waals surface area contributed by atoms with Crippen LogP contribution < -0.4 is 0 Å². The Balaban J connectivity index is 1.66. The number of hydrogen-bond acceptors (Lipinski definition) is 4. The largest absolute Gasteiger partial charge is 0.329 e. The van der Waals surface area contributed by atoms with Crippen molar-refractivity contribution in [2.24, 2.45) is 7.05 Å². The van der Waals surface area contributed by atoms with Gasteiger partial charge in [0.05, 0.1) is 6.54 Å². The average Bonchev–Trinajstić information content (AvgIpc) is 3.16. The Hall–Kier alpha value is -3.03. The monoisotopic (exact) mass is 354 g/mol. The van der Waals surface area contributed by atoms with E-state index in [1.807, 2.05) is 37.6 Å². The summed E-state index contributed by atoms with van der Waals surface area (Å²) in [5, 5.41) is 13.0. The van der Waals surface area contributed by atoms with Crippen LogP contribution in [-0.2, 0) is 24.9 Å². The van der Waals surface area contributed by atoms with Gasteiger partial charge in [-0.15, -0.1) is 10.2 Å². The number of aryl methyl sites for hydroxylation is 2. The van der Waals surface area contributed by atoms with Gasteiger partial charge in [0.2, 0.25) is 5.91 Å². The number of carbonyl (C=O) groups is 1. The van der Waals surface area contributed by atoms with Crippen molar-refractivity contribution in [2.75, 3.05) is 0 Å². The van der Waals surface area contributed by atoms with Gasteiger partial charge < -0.3 is 4.90 Å². The molecule has 2 aromatic heterocycles. The molecule has 0 saturated heterocycles. The van der Waals surface area contributed by atoms with Crippen LogP contribution in [0.15, 0.2) is 30.3 Å². The highest BCUT2D eigenvalue weighted by Crippen LogP contribution is 2.28. The van der Waals surface area contributed by atoms with Gasteiger partial charge in [-0.25, -0.2) is 4.39 Å². The zero-order chi connectivity index (χ0) is 18.4. The van der Waals surface area contributed by atoms with E-state index in [1.54, 1.807) is 15.6 Å². The van der Waals surface area contributed by atoms with Gasteiger partial charge in [-0.2, -0.15) is 5.10 Å². The lowest BCUT2D eigenvalue weighted by atomic mass is 10.1. The van der Waals surface area contributed by atoms with E-state index in [1.165, 1.54) is 12.1 Å². The summed E-state index contributed by atoms with van der Waals surface area (Å²) >= 11 is 0. The van der Waals surface area contributed by atoms with Crippen LogP contribution in [0.5, 0.6) is 0 Å². The highest BCUT2D eigenvalue weighted by Gasteiger charge is 2.34. The van der Waals surface area contributed by atoms with E-state index < -0.39 is 6.04 Å². The summed E-state index contributed by atoms with van der Waals surface area (Å²) in [4.78, 5) is 14.5. The summed E-state index contributed by atoms with van der Waals surface area (Å²) < 4.78 is 17.0. The summed E-state index contributed by atoms with van der Waals surface area (Å²) in [6.07, 6.45) is 0. The van der Waals surface area contributed by atoms with Gasteiger partial charge in [-0.05, 0) is 37.6 Å². The number of benzene rings is 1. The molecule has 0 saturated carbocycles. The fraction of sp³-hybridized carbons (Fsp3) is 0.333. The summed E-state index contributed by atoms with van der Waals surface area (Å²) in [7, 11) is 1.86. The van der Waals surface area contributed by atoms with Crippen molar-refractivity contribution in [3.63, 3.8) is 0 Å². The van der Waals surface area contributed by atoms with Crippen molar-refractivity contribution in [3.05, 3.63) is 53.2 Å². The number of fused-ring (bicyclic) bond motifs is 1. The number of nitrogens with zero attached hydrogens (tertiary/aromatic N) is 6. The van der Waals surface area contributed by atoms with E-state index in [2.05, 4.69) is 15.3 Å². The Kier molecular flexibility index (Phi) is 3.82. The Labute approximate surface area is 150 Å². The van der Waals surface area contributed by atoms with E-state index in [4.69, 9.17) is 0 Å². The third-order valence-electron chi connectivity index (χ3n) is 4.76. The Morgan fingerprint density at radius 3 is 2.77 bits per heavy atom. The molecule has 1 aromatic carbocycles. The van der Waals surface area contributed by atoms with Gasteiger partial charge in [-0.3, -0.25) is 14.0 Å². The normalized spacial score (nSPS) is 16.8. The molecule has 0 aliphatic carbocycles. The number of halogens is 1. The van der Waals surface area contributed by atoms with Crippen LogP contribution in [0.25, 0.3) is 11.5 Å². The second-order valence-corrected chi connectivity index (χ2v) is 6.60. The molecule has 0 unspecified atom stereocenters. The molecule has 0 radical (unpaired) electrons. The zero-order valence-electron chi connectivity index (χ0n) is 14.8. The first kappa shape index (κ1) is 16.4. The van der Waals surface area contributed by atoms with Crippen LogP contribution in [0, 0.1) is 12.7 Å². The maximum atomic E-state index is 13.4. The van der Waals surface area contributed by atoms with Crippen molar-refractivity contribution in [1.29, 1.82) is 0 Å². The van der Waals surface area contributed by atoms with Crippen LogP contribution in [-0.4, -0.2) is 35.4 Å². The van der Waals surface area contributed by atoms with E-state index in [0.717, 1.165) is 11.3 Å². The fourth-order valence-corrected chi connectivity index (χ4v) is 3.30. The van der Waals surface area contributed by atoms with Crippen LogP contribution in [0.3, 0.4) is 0 Å². The van der Waals surface area contributed by atoms with E-state index in [-0.39, 0.29) is 11.7 Å². The second kappa shape index (κ2) is 6.05. The van der Waals surface area contributed by atoms with Gasteiger partial charge >= 0.3 is 0 Å². The lowest BCUT2D eigenvalue weighted by molar-refractivity contribution is -0.137. The van der Waals surface area contributed by atoms with Gasteiger partial charge in [0.15, 0.2) is 11.6 Å². The summed E-state index contributed by atoms with van der Waals surface area (Å²) in [6, 6.07) is 7.77. The molecule has 1 atom stereocenters. The van der Waals surface area contributed by atoms with Crippen LogP contribution >= 0.6 is 0 Å². The molecule has 1 aliphatic heterocycles. The first-order valence-corrected chi connectivity index (χ1v) is 8.42. The Morgan fingerprint density at radius 2 is 2.08 bits per heavy atom. The van der Waals surface area contributed by atoms with E-state index >= 15 is 0 Å². The summed E-state index contributed by atoms with van der Waals surface area (Å²) in [6.45, 7) is 4.45. The summed E-state index contributed by atoms with van der Waals surface area (Å²) in [5.74, 6) is 0.938. The lowest BCUT2D eigenvalue weighted by Crippen LogP contribution is -2.41. The molecule has 0 spiro atoms. The van der Waals surface area contributed by atoms with Crippen molar-refractivity contribution >= 4 is 5.91 Å². The number of carbonyl (C=O) groups excluding carboxylic acids is 1. The molecule has 1 aliphatic rings. The molecule has 0 fully saturated rings. The number of aromatic nitrogens is 5. The Bertz CT molecular complexity index is 972. The molecule has 1 amide bonds. The number of hydrogen-bond donors (Lipinski definition) is 0. The lowest BCUT2D eigenvalue weighted by Gasteiger charge is -2.32. The molecule has 0 bridgehead atoms. The molecule has 3 heterocycles. The van der Waals surface area contributed by atoms with Gasteiger partial charge in [0.1, 0.15) is 17.6 Å². The first-order chi connectivity index (χ1) is 12.4. The zero-order valence-corrected chi connectivity index (χ0v) is 14.8. The minimum atomic E-state index is -0.445. The SMILES string of the molecule is Cc1cc(-c2nnc3n2[C@@H](C)C(=O)N(Cc2cccc(F)c2)C3)nn1C. The number of rotatable bonds is 3. The highest BCUT2D eigenvalue weighted by molar-refractivity contribution is 5.81. The van der Waals surface area contributed by atoms with Crippen molar-refractivity contribution < 1.29 is 9.18 Å². The molecular weight excluding hydrogens is 335 g/mol. The predicted molar refractivity (Wildman–Crippen MR) is 92.3 cm³/mol. The smallest absolute Gasteiger partial charge is 0.246 e. The predicted octanol–water partition coefficient (Wildman–Crippen LogP) is 2.23. The maximum Gasteiger partial charge on any atom is 0.246 e. The van der Waals surface area contributed by atoms with Crippen molar-refractivity contribution in [2.45, 2.75) is 33.0 Å². The number of amides is 1. The highest BCUT2D eigenvalue weighted by atomic mass is 19.1. The second-order valence-electron chi connectivity index (χ2n) is 6.60. The maximum absolute atomic E-state index is 13.4. The fourth-order valence-electron chi connectivity index (χ4n) is 3.30. The quantitative estimate of drug-likeness (QED) is 0.723. The van der Waals surface area contributed by atoms with Crippen molar-refractivity contribution in [3.8, 4) is 11.5 Å². The molecule has 4 rings (SSSR count). The topological polar surface area (TPSA) is 68.8 Å². The van der Waals surface area contributed by atoms with Gasteiger partial charge in [-0.1, -0.05) is 12.1 Å². The van der Waals surface area contributed by atoms with Gasteiger partial charge in [0, 0.05) is 19.3 Å². The van der Waals surface area contributed by atoms with E-state index in [0.29, 0.717) is 30.4 Å². The molecular formula is C18H19FN6O. The molecule has 3 aromatic rings. The Morgan fingerprint density at radius 1 is 1.27 bits per heavy atom. The van der Waals surface area contributed by atoms with Gasteiger partial charge in [0.25, 0.3) is 0 Å². The van der Waals surface area contributed by atoms with E-state index in [9.17, 15) is 9.18 Å². The first-order valence-electron chi connectivity index (χ1n) is 8.42. The molecule has 7 nitrogen and oxygen atoms in total. The molecule has 26 heavy (non-hydrogen) atoms. The average molecular weight is 354 g/mol. The minimum Gasteiger partial charge on any atom is -0.329 e. The van der Waals surface area contributed by atoms with Crippen LogP contribution in [0.4, 0.5) is 4.39 Å². The third-order valence-corrected chi connectivity index (χ3v) is 4.76. The molecule has 134 valence electrons.